The third-order valence-corrected chi connectivity index (χ3v) is 5.07. The maximum Gasteiger partial charge on any atom is 0.222 e. The Morgan fingerprint density at radius 1 is 1.33 bits per heavy atom. The van der Waals surface area contributed by atoms with Crippen LogP contribution >= 0.6 is 36.2 Å². The minimum atomic E-state index is -0.438. The fraction of sp³-hybridized carbons (Fsp3) is 0.412. The Morgan fingerprint density at radius 3 is 2.46 bits per heavy atom. The lowest BCUT2D eigenvalue weighted by Gasteiger charge is -2.28. The number of hydrogen-bond acceptors (Lipinski definition) is 4. The molecule has 0 saturated heterocycles. The molecule has 0 fully saturated rings. The van der Waals surface area contributed by atoms with E-state index in [-0.39, 0.29) is 43.2 Å². The fourth-order valence-corrected chi connectivity index (χ4v) is 3.26. The molecular weight excluding hydrogens is 365 g/mol. The Morgan fingerprint density at radius 2 is 1.96 bits per heavy atom. The molecule has 0 bridgehead atoms. The van der Waals surface area contributed by atoms with E-state index in [1.165, 1.54) is 0 Å². The molecule has 24 heavy (non-hydrogen) atoms. The van der Waals surface area contributed by atoms with E-state index in [0.717, 1.165) is 22.7 Å². The van der Waals surface area contributed by atoms with Crippen LogP contribution in [-0.4, -0.2) is 10.9 Å². The summed E-state index contributed by atoms with van der Waals surface area (Å²) in [4.78, 5) is 16.9. The van der Waals surface area contributed by atoms with Crippen LogP contribution in [-0.2, 0) is 10.3 Å². The molecule has 2 atom stereocenters. The highest BCUT2D eigenvalue weighted by Gasteiger charge is 2.30. The van der Waals surface area contributed by atoms with E-state index in [9.17, 15) is 4.79 Å². The number of nitrogens with two attached hydrogens (primary N) is 1. The van der Waals surface area contributed by atoms with Crippen LogP contribution in [0.15, 0.2) is 35.7 Å². The molecule has 2 unspecified atom stereocenters. The smallest absolute Gasteiger partial charge is 0.222 e. The number of hydrogen-bond donors (Lipinski definition) is 2. The number of aromatic nitrogens is 1. The second-order valence-electron chi connectivity index (χ2n) is 5.75. The van der Waals surface area contributed by atoms with Crippen molar-refractivity contribution in [3.05, 3.63) is 52.0 Å². The number of halogens is 2. The van der Waals surface area contributed by atoms with Gasteiger partial charge < -0.3 is 11.1 Å². The van der Waals surface area contributed by atoms with Crippen molar-refractivity contribution in [1.82, 2.24) is 10.3 Å². The number of nitrogens with one attached hydrogen (secondary N) is 1. The number of carbonyl (C=O) groups excluding carboxylic acids is 1. The monoisotopic (exact) mass is 389 g/mol. The molecule has 1 aromatic carbocycles. The van der Waals surface area contributed by atoms with Gasteiger partial charge in [-0.1, -0.05) is 37.3 Å². The first-order valence-corrected chi connectivity index (χ1v) is 8.36. The summed E-state index contributed by atoms with van der Waals surface area (Å²) in [5.41, 5.74) is 7.64. The Balaban J connectivity index is 0.00000264. The number of nitrogens with zero attached hydrogens (tertiary/aromatic N) is 1. The van der Waals surface area contributed by atoms with Crippen LogP contribution < -0.4 is 11.1 Å². The normalized spacial score (nSPS) is 13.8. The number of thiazole rings is 1. The first-order chi connectivity index (χ1) is 10.4. The van der Waals surface area contributed by atoms with Crippen LogP contribution in [0.3, 0.4) is 0 Å². The number of amides is 1. The van der Waals surface area contributed by atoms with E-state index >= 15 is 0 Å². The highest BCUT2D eigenvalue weighted by Crippen LogP contribution is 2.28. The molecule has 0 saturated carbocycles. The predicted octanol–water partition coefficient (Wildman–Crippen LogP) is 4.13. The van der Waals surface area contributed by atoms with Gasteiger partial charge in [0.05, 0.1) is 5.54 Å². The summed E-state index contributed by atoms with van der Waals surface area (Å²) >= 11 is 1.58. The summed E-state index contributed by atoms with van der Waals surface area (Å²) in [7, 11) is 0. The van der Waals surface area contributed by atoms with Gasteiger partial charge in [-0.15, -0.1) is 36.2 Å². The SMILES string of the molecule is CCC(C)(NC(=O)CC(N)c1ccccc1)c1nc(C)cs1.Cl.Cl. The summed E-state index contributed by atoms with van der Waals surface area (Å²) in [6, 6.07) is 9.40. The third kappa shape index (κ3) is 5.74. The first-order valence-electron chi connectivity index (χ1n) is 7.48. The highest BCUT2D eigenvalue weighted by atomic mass is 35.5. The maximum absolute atomic E-state index is 12.4. The molecule has 0 aliphatic rings. The topological polar surface area (TPSA) is 68.0 Å². The van der Waals surface area contributed by atoms with Gasteiger partial charge in [0.25, 0.3) is 0 Å². The molecule has 1 amide bonds. The van der Waals surface area contributed by atoms with E-state index in [2.05, 4.69) is 10.3 Å². The molecule has 0 radical (unpaired) electrons. The van der Waals surface area contributed by atoms with Crippen molar-refractivity contribution < 1.29 is 4.79 Å². The van der Waals surface area contributed by atoms with Crippen molar-refractivity contribution in [2.45, 2.75) is 45.2 Å². The quantitative estimate of drug-likeness (QED) is 0.780. The van der Waals surface area contributed by atoms with E-state index in [4.69, 9.17) is 5.73 Å². The number of aryl methyl sites for hydroxylation is 1. The Bertz CT molecular complexity index is 636. The molecule has 134 valence electrons. The summed E-state index contributed by atoms with van der Waals surface area (Å²) in [5.74, 6) is -0.0476. The number of benzene rings is 1. The zero-order valence-electron chi connectivity index (χ0n) is 14.1. The summed E-state index contributed by atoms with van der Waals surface area (Å²) in [5, 5.41) is 6.05. The van der Waals surface area contributed by atoms with Crippen molar-refractivity contribution in [2.24, 2.45) is 5.73 Å². The van der Waals surface area contributed by atoms with Gasteiger partial charge in [-0.2, -0.15) is 0 Å². The molecule has 1 heterocycles. The van der Waals surface area contributed by atoms with Crippen LogP contribution in [0.25, 0.3) is 0 Å². The molecule has 0 aliphatic carbocycles. The predicted molar refractivity (Wildman–Crippen MR) is 105 cm³/mol. The average Bonchev–Trinajstić information content (AvgIpc) is 2.95. The standard InChI is InChI=1S/C17H23N3OS.2ClH/c1-4-17(3,16-19-12(2)11-22-16)20-15(21)10-14(18)13-8-6-5-7-9-13;;/h5-9,11,14H,4,10,18H2,1-3H3,(H,20,21);2*1H. The lowest BCUT2D eigenvalue weighted by Crippen LogP contribution is -2.43. The first kappa shape index (κ1) is 22.9. The molecule has 3 N–H and O–H groups in total. The van der Waals surface area contributed by atoms with Gasteiger partial charge in [0.2, 0.25) is 5.91 Å². The highest BCUT2D eigenvalue weighted by molar-refractivity contribution is 7.09. The lowest BCUT2D eigenvalue weighted by molar-refractivity contribution is -0.123. The van der Waals surface area contributed by atoms with Crippen molar-refractivity contribution in [3.63, 3.8) is 0 Å². The van der Waals surface area contributed by atoms with E-state index in [1.54, 1.807) is 11.3 Å². The second-order valence-corrected chi connectivity index (χ2v) is 6.61. The molecule has 4 nitrogen and oxygen atoms in total. The summed E-state index contributed by atoms with van der Waals surface area (Å²) < 4.78 is 0. The molecular formula is C17H25Cl2N3OS. The van der Waals surface area contributed by atoms with Gasteiger partial charge in [0, 0.05) is 23.5 Å². The number of carbonyl (C=O) groups is 1. The van der Waals surface area contributed by atoms with E-state index in [1.807, 2.05) is 56.5 Å². The van der Waals surface area contributed by atoms with Crippen molar-refractivity contribution >= 4 is 42.1 Å². The molecule has 7 heteroatoms. The Kier molecular flexibility index (Phi) is 9.51. The van der Waals surface area contributed by atoms with Gasteiger partial charge in [0.15, 0.2) is 0 Å². The zero-order chi connectivity index (χ0) is 16.2. The lowest BCUT2D eigenvalue weighted by atomic mass is 9.98. The van der Waals surface area contributed by atoms with Crippen LogP contribution in [0.2, 0.25) is 0 Å². The molecule has 0 spiro atoms. The van der Waals surface area contributed by atoms with Crippen LogP contribution in [0, 0.1) is 6.92 Å². The van der Waals surface area contributed by atoms with Gasteiger partial charge in [-0.3, -0.25) is 4.79 Å². The molecule has 1 aromatic heterocycles. The van der Waals surface area contributed by atoms with Crippen molar-refractivity contribution in [1.29, 1.82) is 0 Å². The average molecular weight is 390 g/mol. The molecule has 2 aromatic rings. The zero-order valence-corrected chi connectivity index (χ0v) is 16.6. The van der Waals surface area contributed by atoms with Crippen molar-refractivity contribution in [3.8, 4) is 0 Å². The largest absolute Gasteiger partial charge is 0.344 e. The molecule has 2 rings (SSSR count). The number of rotatable bonds is 6. The minimum Gasteiger partial charge on any atom is -0.344 e. The summed E-state index contributed by atoms with van der Waals surface area (Å²) in [6.45, 7) is 6.02. The van der Waals surface area contributed by atoms with Gasteiger partial charge >= 0.3 is 0 Å². The van der Waals surface area contributed by atoms with Gasteiger partial charge in [-0.05, 0) is 25.8 Å². The third-order valence-electron chi connectivity index (χ3n) is 3.85. The minimum absolute atomic E-state index is 0. The van der Waals surface area contributed by atoms with Crippen LogP contribution in [0.4, 0.5) is 0 Å². The van der Waals surface area contributed by atoms with E-state index in [0.29, 0.717) is 0 Å². The maximum atomic E-state index is 12.4. The molecule has 0 aliphatic heterocycles. The van der Waals surface area contributed by atoms with Crippen LogP contribution in [0.5, 0.6) is 0 Å². The second kappa shape index (κ2) is 9.99. The van der Waals surface area contributed by atoms with Gasteiger partial charge in [-0.25, -0.2) is 4.98 Å². The van der Waals surface area contributed by atoms with Crippen molar-refractivity contribution in [2.75, 3.05) is 0 Å². The van der Waals surface area contributed by atoms with Gasteiger partial charge in [0.1, 0.15) is 5.01 Å². The Hall–Kier alpha value is -1.14. The summed E-state index contributed by atoms with van der Waals surface area (Å²) in [6.07, 6.45) is 1.05. The van der Waals surface area contributed by atoms with Crippen LogP contribution in [0.1, 0.15) is 49.0 Å². The van der Waals surface area contributed by atoms with E-state index < -0.39 is 5.54 Å². The fourth-order valence-electron chi connectivity index (χ4n) is 2.28. The Labute approximate surface area is 160 Å².